The minimum absolute atomic E-state index is 0.0609. The highest BCUT2D eigenvalue weighted by Crippen LogP contribution is 2.14. The number of amides is 2. The molecular weight excluding hydrogens is 260 g/mol. The van der Waals surface area contributed by atoms with Gasteiger partial charge in [-0.2, -0.15) is 5.10 Å². The van der Waals surface area contributed by atoms with Gasteiger partial charge in [-0.25, -0.2) is 4.79 Å². The number of urea groups is 1. The van der Waals surface area contributed by atoms with E-state index in [2.05, 4.69) is 15.7 Å². The first kappa shape index (κ1) is 16.0. The Balaban J connectivity index is 2.41. The summed E-state index contributed by atoms with van der Waals surface area (Å²) >= 11 is 0. The predicted octanol–water partition coefficient (Wildman–Crippen LogP) is 1.68. The topological polar surface area (TPSA) is 96.3 Å². The van der Waals surface area contributed by atoms with Gasteiger partial charge in [0.1, 0.15) is 0 Å². The van der Waals surface area contributed by atoms with Crippen molar-refractivity contribution in [2.75, 3.05) is 11.9 Å². The third-order valence-electron chi connectivity index (χ3n) is 2.78. The number of carboxylic acid groups (broad SMARTS) is 1. The average Bonchev–Trinajstić information content (AvgIpc) is 2.70. The number of aryl methyl sites for hydroxylation is 1. The summed E-state index contributed by atoms with van der Waals surface area (Å²) in [6.07, 6.45) is 4.05. The molecule has 1 aromatic heterocycles. The Morgan fingerprint density at radius 1 is 1.45 bits per heavy atom. The average molecular weight is 282 g/mol. The quantitative estimate of drug-likeness (QED) is 0.709. The second kappa shape index (κ2) is 7.52. The Morgan fingerprint density at radius 3 is 2.65 bits per heavy atom. The van der Waals surface area contributed by atoms with E-state index in [0.717, 1.165) is 6.42 Å². The lowest BCUT2D eigenvalue weighted by Crippen LogP contribution is -2.34. The SMILES string of the molecule is CC(C)CC(CNC(=O)Nc1cnn(C)c1)CC(=O)O. The summed E-state index contributed by atoms with van der Waals surface area (Å²) in [6.45, 7) is 4.41. The molecule has 112 valence electrons. The lowest BCUT2D eigenvalue weighted by atomic mass is 9.94. The van der Waals surface area contributed by atoms with Gasteiger partial charge in [0, 0.05) is 26.2 Å². The van der Waals surface area contributed by atoms with Crippen LogP contribution < -0.4 is 10.6 Å². The van der Waals surface area contributed by atoms with Gasteiger partial charge in [-0.05, 0) is 18.3 Å². The third-order valence-corrected chi connectivity index (χ3v) is 2.78. The maximum atomic E-state index is 11.7. The zero-order valence-electron chi connectivity index (χ0n) is 12.1. The van der Waals surface area contributed by atoms with Gasteiger partial charge in [-0.1, -0.05) is 13.8 Å². The molecule has 2 amide bonds. The Morgan fingerprint density at radius 2 is 2.15 bits per heavy atom. The number of nitrogens with zero attached hydrogens (tertiary/aromatic N) is 2. The number of rotatable bonds is 7. The van der Waals surface area contributed by atoms with Crippen molar-refractivity contribution >= 4 is 17.7 Å². The highest BCUT2D eigenvalue weighted by Gasteiger charge is 2.16. The fraction of sp³-hybridized carbons (Fsp3) is 0.615. The minimum Gasteiger partial charge on any atom is -0.481 e. The van der Waals surface area contributed by atoms with E-state index in [1.807, 2.05) is 13.8 Å². The van der Waals surface area contributed by atoms with Crippen LogP contribution in [0.2, 0.25) is 0 Å². The van der Waals surface area contributed by atoms with E-state index in [0.29, 0.717) is 18.2 Å². The van der Waals surface area contributed by atoms with E-state index in [1.54, 1.807) is 24.1 Å². The van der Waals surface area contributed by atoms with Crippen molar-refractivity contribution in [3.8, 4) is 0 Å². The van der Waals surface area contributed by atoms with Gasteiger partial charge >= 0.3 is 12.0 Å². The molecule has 0 aliphatic heterocycles. The fourth-order valence-corrected chi connectivity index (χ4v) is 2.05. The monoisotopic (exact) mass is 282 g/mol. The fourth-order valence-electron chi connectivity index (χ4n) is 2.05. The number of aromatic nitrogens is 2. The highest BCUT2D eigenvalue weighted by atomic mass is 16.4. The molecule has 0 radical (unpaired) electrons. The van der Waals surface area contributed by atoms with Gasteiger partial charge in [-0.15, -0.1) is 0 Å². The number of carbonyl (C=O) groups is 2. The first-order chi connectivity index (χ1) is 9.36. The molecule has 7 nitrogen and oxygen atoms in total. The lowest BCUT2D eigenvalue weighted by Gasteiger charge is -2.17. The largest absolute Gasteiger partial charge is 0.481 e. The van der Waals surface area contributed by atoms with Gasteiger partial charge in [0.2, 0.25) is 0 Å². The molecule has 0 saturated heterocycles. The summed E-state index contributed by atoms with van der Waals surface area (Å²) in [6, 6.07) is -0.350. The Bertz CT molecular complexity index is 456. The maximum absolute atomic E-state index is 11.7. The molecule has 0 bridgehead atoms. The van der Waals surface area contributed by atoms with E-state index in [9.17, 15) is 9.59 Å². The maximum Gasteiger partial charge on any atom is 0.319 e. The molecule has 1 rings (SSSR count). The molecule has 0 saturated carbocycles. The van der Waals surface area contributed by atoms with E-state index in [-0.39, 0.29) is 18.4 Å². The first-order valence-corrected chi connectivity index (χ1v) is 6.62. The molecule has 7 heteroatoms. The van der Waals surface area contributed by atoms with Crippen molar-refractivity contribution in [2.45, 2.75) is 26.7 Å². The van der Waals surface area contributed by atoms with Gasteiger partial charge in [0.15, 0.2) is 0 Å². The zero-order valence-corrected chi connectivity index (χ0v) is 12.1. The van der Waals surface area contributed by atoms with Crippen molar-refractivity contribution < 1.29 is 14.7 Å². The molecule has 3 N–H and O–H groups in total. The van der Waals surface area contributed by atoms with Crippen LogP contribution >= 0.6 is 0 Å². The van der Waals surface area contributed by atoms with Crippen molar-refractivity contribution in [3.63, 3.8) is 0 Å². The summed E-state index contributed by atoms with van der Waals surface area (Å²) in [5.74, 6) is -0.514. The van der Waals surface area contributed by atoms with Crippen LogP contribution in [0, 0.1) is 11.8 Å². The van der Waals surface area contributed by atoms with Crippen LogP contribution in [0.15, 0.2) is 12.4 Å². The molecule has 0 spiro atoms. The number of hydrogen-bond acceptors (Lipinski definition) is 3. The second-order valence-electron chi connectivity index (χ2n) is 5.33. The molecule has 0 aliphatic carbocycles. The van der Waals surface area contributed by atoms with Crippen molar-refractivity contribution in [2.24, 2.45) is 18.9 Å². The minimum atomic E-state index is -0.842. The number of anilines is 1. The van der Waals surface area contributed by atoms with E-state index >= 15 is 0 Å². The third kappa shape index (κ3) is 6.21. The molecule has 0 aliphatic rings. The summed E-state index contributed by atoms with van der Waals surface area (Å²) < 4.78 is 1.58. The number of carbonyl (C=O) groups excluding carboxylic acids is 1. The Kier molecular flexibility index (Phi) is 6.02. The van der Waals surface area contributed by atoms with E-state index in [1.165, 1.54) is 0 Å². The summed E-state index contributed by atoms with van der Waals surface area (Å²) in [5.41, 5.74) is 0.601. The molecule has 1 atom stereocenters. The van der Waals surface area contributed by atoms with Crippen LogP contribution in [0.4, 0.5) is 10.5 Å². The van der Waals surface area contributed by atoms with E-state index in [4.69, 9.17) is 5.11 Å². The van der Waals surface area contributed by atoms with E-state index < -0.39 is 5.97 Å². The van der Waals surface area contributed by atoms with Crippen LogP contribution in [0.1, 0.15) is 26.7 Å². The molecule has 1 unspecified atom stereocenters. The van der Waals surface area contributed by atoms with Gasteiger partial charge in [0.25, 0.3) is 0 Å². The van der Waals surface area contributed by atoms with Crippen LogP contribution in [-0.4, -0.2) is 33.4 Å². The van der Waals surface area contributed by atoms with Crippen molar-refractivity contribution in [3.05, 3.63) is 12.4 Å². The standard InChI is InChI=1S/C13H22N4O3/c1-9(2)4-10(5-12(18)19)6-14-13(20)16-11-7-15-17(3)8-11/h7-10H,4-6H2,1-3H3,(H,18,19)(H2,14,16,20). The molecule has 1 aromatic rings. The summed E-state index contributed by atoms with van der Waals surface area (Å²) in [4.78, 5) is 22.5. The highest BCUT2D eigenvalue weighted by molar-refractivity contribution is 5.88. The van der Waals surface area contributed by atoms with Crippen molar-refractivity contribution in [1.82, 2.24) is 15.1 Å². The van der Waals surface area contributed by atoms with Crippen molar-refractivity contribution in [1.29, 1.82) is 0 Å². The molecule has 20 heavy (non-hydrogen) atoms. The first-order valence-electron chi connectivity index (χ1n) is 6.62. The molecule has 0 fully saturated rings. The zero-order chi connectivity index (χ0) is 15.1. The van der Waals surface area contributed by atoms with Gasteiger partial charge in [0.05, 0.1) is 11.9 Å². The summed E-state index contributed by atoms with van der Waals surface area (Å²) in [7, 11) is 1.76. The second-order valence-corrected chi connectivity index (χ2v) is 5.33. The van der Waals surface area contributed by atoms with Crippen LogP contribution in [-0.2, 0) is 11.8 Å². The number of carboxylic acids is 1. The van der Waals surface area contributed by atoms with Crippen LogP contribution in [0.5, 0.6) is 0 Å². The normalized spacial score (nSPS) is 12.2. The molecule has 0 aromatic carbocycles. The van der Waals surface area contributed by atoms with Gasteiger partial charge < -0.3 is 15.7 Å². The Hall–Kier alpha value is -2.05. The predicted molar refractivity (Wildman–Crippen MR) is 75.4 cm³/mol. The van der Waals surface area contributed by atoms with Crippen LogP contribution in [0.25, 0.3) is 0 Å². The number of nitrogens with one attached hydrogen (secondary N) is 2. The Labute approximate surface area is 118 Å². The molecular formula is C13H22N4O3. The molecule has 1 heterocycles. The number of hydrogen-bond donors (Lipinski definition) is 3. The number of aliphatic carboxylic acids is 1. The summed E-state index contributed by atoms with van der Waals surface area (Å²) in [5, 5.41) is 18.1. The van der Waals surface area contributed by atoms with Gasteiger partial charge in [-0.3, -0.25) is 9.48 Å². The van der Waals surface area contributed by atoms with Crippen LogP contribution in [0.3, 0.4) is 0 Å². The smallest absolute Gasteiger partial charge is 0.319 e. The lowest BCUT2D eigenvalue weighted by molar-refractivity contribution is -0.138.